The summed E-state index contributed by atoms with van der Waals surface area (Å²) < 4.78 is 2.00. The fraction of sp³-hybridized carbons (Fsp3) is 0.714. The van der Waals surface area contributed by atoms with E-state index in [1.54, 1.807) is 6.33 Å². The zero-order chi connectivity index (χ0) is 14.0. The molecule has 0 saturated carbocycles. The molecule has 2 atom stereocenters. The summed E-state index contributed by atoms with van der Waals surface area (Å²) in [6, 6.07) is -0.0667. The van der Waals surface area contributed by atoms with Gasteiger partial charge in [0.05, 0.1) is 6.33 Å². The first-order valence-electron chi connectivity index (χ1n) is 6.97. The highest BCUT2D eigenvalue weighted by Gasteiger charge is 2.35. The molecule has 1 fully saturated rings. The molecule has 2 heterocycles. The summed E-state index contributed by atoms with van der Waals surface area (Å²) in [7, 11) is 0. The highest BCUT2D eigenvalue weighted by Crippen LogP contribution is 2.31. The maximum absolute atomic E-state index is 12.1. The van der Waals surface area contributed by atoms with E-state index < -0.39 is 0 Å². The maximum Gasteiger partial charge on any atom is 0.243 e. The molecular formula is C14H24N4O. The van der Waals surface area contributed by atoms with Gasteiger partial charge >= 0.3 is 0 Å². The Labute approximate surface area is 114 Å². The number of carbonyl (C=O) groups is 1. The molecule has 0 bridgehead atoms. The van der Waals surface area contributed by atoms with E-state index in [1.807, 2.05) is 31.5 Å². The van der Waals surface area contributed by atoms with Gasteiger partial charge in [-0.2, -0.15) is 0 Å². The van der Waals surface area contributed by atoms with Gasteiger partial charge in [0.1, 0.15) is 6.04 Å². The van der Waals surface area contributed by atoms with Crippen LogP contribution in [0.15, 0.2) is 12.5 Å². The summed E-state index contributed by atoms with van der Waals surface area (Å²) in [4.78, 5) is 16.4. The Hall–Kier alpha value is -1.36. The first kappa shape index (κ1) is 14.1. The Morgan fingerprint density at radius 2 is 2.26 bits per heavy atom. The summed E-state index contributed by atoms with van der Waals surface area (Å²) in [5.74, 6) is 0.0452. The second-order valence-corrected chi connectivity index (χ2v) is 6.01. The van der Waals surface area contributed by atoms with Crippen molar-refractivity contribution in [2.75, 3.05) is 13.1 Å². The Morgan fingerprint density at radius 3 is 2.84 bits per heavy atom. The van der Waals surface area contributed by atoms with Gasteiger partial charge in [-0.1, -0.05) is 6.92 Å². The fourth-order valence-electron chi connectivity index (χ4n) is 2.65. The van der Waals surface area contributed by atoms with Crippen LogP contribution in [-0.4, -0.2) is 34.6 Å². The summed E-state index contributed by atoms with van der Waals surface area (Å²) in [6.07, 6.45) is 4.74. The van der Waals surface area contributed by atoms with Crippen molar-refractivity contribution in [3.05, 3.63) is 18.2 Å². The number of hydrogen-bond donors (Lipinski definition) is 2. The van der Waals surface area contributed by atoms with E-state index in [0.717, 1.165) is 25.2 Å². The van der Waals surface area contributed by atoms with Crippen LogP contribution in [0.2, 0.25) is 0 Å². The van der Waals surface area contributed by atoms with E-state index in [0.29, 0.717) is 0 Å². The van der Waals surface area contributed by atoms with Crippen molar-refractivity contribution in [2.45, 2.75) is 51.6 Å². The quantitative estimate of drug-likeness (QED) is 0.859. The van der Waals surface area contributed by atoms with Crippen molar-refractivity contribution in [3.63, 3.8) is 0 Å². The molecule has 1 aliphatic rings. The largest absolute Gasteiger partial charge is 0.352 e. The smallest absolute Gasteiger partial charge is 0.243 e. The fourth-order valence-corrected chi connectivity index (χ4v) is 2.65. The minimum absolute atomic E-state index is 0.0452. The normalized spacial score (nSPS) is 24.7. The highest BCUT2D eigenvalue weighted by atomic mass is 16.2. The molecule has 0 aliphatic carbocycles. The number of nitrogens with zero attached hydrogens (tertiary/aromatic N) is 2. The molecule has 1 saturated heterocycles. The molecular weight excluding hydrogens is 240 g/mol. The van der Waals surface area contributed by atoms with Crippen LogP contribution in [0.1, 0.15) is 45.9 Å². The van der Waals surface area contributed by atoms with Crippen LogP contribution < -0.4 is 10.6 Å². The van der Waals surface area contributed by atoms with Crippen molar-refractivity contribution < 1.29 is 4.79 Å². The van der Waals surface area contributed by atoms with Crippen LogP contribution in [0.5, 0.6) is 0 Å². The number of carbonyl (C=O) groups excluding carboxylic acids is 1. The second kappa shape index (κ2) is 5.33. The molecule has 5 nitrogen and oxygen atoms in total. The SMILES string of the molecule is CC(C)NC(=O)C(C)n1cncc1C1(C)CCNC1. The number of amides is 1. The molecule has 1 aromatic rings. The third-order valence-electron chi connectivity index (χ3n) is 3.88. The lowest BCUT2D eigenvalue weighted by molar-refractivity contribution is -0.124. The molecule has 2 N–H and O–H groups in total. The molecule has 1 aromatic heterocycles. The van der Waals surface area contributed by atoms with Gasteiger partial charge in [-0.15, -0.1) is 0 Å². The van der Waals surface area contributed by atoms with Gasteiger partial charge in [0, 0.05) is 29.9 Å². The van der Waals surface area contributed by atoms with Crippen LogP contribution >= 0.6 is 0 Å². The Balaban J connectivity index is 2.21. The van der Waals surface area contributed by atoms with Gasteiger partial charge in [-0.05, 0) is 33.7 Å². The van der Waals surface area contributed by atoms with Crippen LogP contribution in [0.4, 0.5) is 0 Å². The van der Waals surface area contributed by atoms with Crippen LogP contribution in [0, 0.1) is 0 Å². The second-order valence-electron chi connectivity index (χ2n) is 6.01. The van der Waals surface area contributed by atoms with Gasteiger partial charge in [-0.25, -0.2) is 4.98 Å². The topological polar surface area (TPSA) is 59.0 Å². The first-order chi connectivity index (χ1) is 8.94. The van der Waals surface area contributed by atoms with Crippen LogP contribution in [0.3, 0.4) is 0 Å². The molecule has 19 heavy (non-hydrogen) atoms. The Kier molecular flexibility index (Phi) is 3.94. The van der Waals surface area contributed by atoms with Crippen LogP contribution in [-0.2, 0) is 10.2 Å². The van der Waals surface area contributed by atoms with Gasteiger partial charge in [-0.3, -0.25) is 4.79 Å². The number of aromatic nitrogens is 2. The third kappa shape index (κ3) is 2.81. The molecule has 2 unspecified atom stereocenters. The molecule has 106 valence electrons. The van der Waals surface area contributed by atoms with Crippen molar-refractivity contribution in [3.8, 4) is 0 Å². The van der Waals surface area contributed by atoms with Crippen molar-refractivity contribution in [1.82, 2.24) is 20.2 Å². The highest BCUT2D eigenvalue weighted by molar-refractivity contribution is 5.80. The van der Waals surface area contributed by atoms with E-state index in [9.17, 15) is 4.79 Å². The van der Waals surface area contributed by atoms with Gasteiger partial charge in [0.2, 0.25) is 5.91 Å². The summed E-state index contributed by atoms with van der Waals surface area (Å²) in [5.41, 5.74) is 1.21. The molecule has 2 rings (SSSR count). The zero-order valence-corrected chi connectivity index (χ0v) is 12.2. The van der Waals surface area contributed by atoms with E-state index in [2.05, 4.69) is 22.5 Å². The van der Waals surface area contributed by atoms with Crippen molar-refractivity contribution >= 4 is 5.91 Å². The minimum Gasteiger partial charge on any atom is -0.352 e. The van der Waals surface area contributed by atoms with E-state index in [-0.39, 0.29) is 23.4 Å². The lowest BCUT2D eigenvalue weighted by Crippen LogP contribution is -2.37. The molecule has 0 spiro atoms. The Morgan fingerprint density at radius 1 is 1.53 bits per heavy atom. The maximum atomic E-state index is 12.1. The van der Waals surface area contributed by atoms with Gasteiger partial charge in [0.25, 0.3) is 0 Å². The number of imidazole rings is 1. The summed E-state index contributed by atoms with van der Waals surface area (Å²) >= 11 is 0. The molecule has 0 aromatic carbocycles. The number of rotatable bonds is 4. The number of hydrogen-bond acceptors (Lipinski definition) is 3. The van der Waals surface area contributed by atoms with Crippen molar-refractivity contribution in [1.29, 1.82) is 0 Å². The zero-order valence-electron chi connectivity index (χ0n) is 12.2. The molecule has 0 radical (unpaired) electrons. The summed E-state index contributed by atoms with van der Waals surface area (Å²) in [5, 5.41) is 6.34. The van der Waals surface area contributed by atoms with E-state index >= 15 is 0 Å². The van der Waals surface area contributed by atoms with Gasteiger partial charge < -0.3 is 15.2 Å². The standard InChI is InChI=1S/C14H24N4O/c1-10(2)17-13(19)11(3)18-9-16-7-12(18)14(4)5-6-15-8-14/h7,9-11,15H,5-6,8H2,1-4H3,(H,17,19). The lowest BCUT2D eigenvalue weighted by atomic mass is 9.86. The first-order valence-corrected chi connectivity index (χ1v) is 6.97. The van der Waals surface area contributed by atoms with E-state index in [4.69, 9.17) is 0 Å². The average Bonchev–Trinajstić information content (AvgIpc) is 2.96. The van der Waals surface area contributed by atoms with E-state index in [1.165, 1.54) is 0 Å². The summed E-state index contributed by atoms with van der Waals surface area (Å²) in [6.45, 7) is 10.1. The predicted octanol–water partition coefficient (Wildman–Crippen LogP) is 1.22. The van der Waals surface area contributed by atoms with Crippen LogP contribution in [0.25, 0.3) is 0 Å². The number of nitrogens with one attached hydrogen (secondary N) is 2. The molecule has 5 heteroatoms. The lowest BCUT2D eigenvalue weighted by Gasteiger charge is -2.27. The predicted molar refractivity (Wildman–Crippen MR) is 75.1 cm³/mol. The monoisotopic (exact) mass is 264 g/mol. The average molecular weight is 264 g/mol. The van der Waals surface area contributed by atoms with Gasteiger partial charge in [0.15, 0.2) is 0 Å². The van der Waals surface area contributed by atoms with Crippen molar-refractivity contribution in [2.24, 2.45) is 0 Å². The molecule has 1 amide bonds. The third-order valence-corrected chi connectivity index (χ3v) is 3.88. The molecule has 1 aliphatic heterocycles. The Bertz CT molecular complexity index is 446. The minimum atomic E-state index is -0.225.